The van der Waals surface area contributed by atoms with E-state index in [-0.39, 0.29) is 0 Å². The second-order valence-electron chi connectivity index (χ2n) is 10.1. The Hall–Kier alpha value is -2.92. The summed E-state index contributed by atoms with van der Waals surface area (Å²) in [6.45, 7) is 4.30. The van der Waals surface area contributed by atoms with E-state index in [1.807, 2.05) is 0 Å². The molecule has 0 bridgehead atoms. The van der Waals surface area contributed by atoms with Gasteiger partial charge >= 0.3 is 0 Å². The van der Waals surface area contributed by atoms with Crippen LogP contribution in [-0.2, 0) is 6.54 Å². The van der Waals surface area contributed by atoms with Crippen LogP contribution in [0.3, 0.4) is 0 Å². The normalized spacial score (nSPS) is 20.5. The Labute approximate surface area is 219 Å². The van der Waals surface area contributed by atoms with E-state index in [9.17, 15) is 0 Å². The van der Waals surface area contributed by atoms with Crippen molar-refractivity contribution in [1.82, 2.24) is 9.80 Å². The van der Waals surface area contributed by atoms with Crippen LogP contribution in [0.1, 0.15) is 35.4 Å². The fourth-order valence-electron chi connectivity index (χ4n) is 6.37. The first-order valence-corrected chi connectivity index (χ1v) is 14.0. The van der Waals surface area contributed by atoms with Gasteiger partial charge in [0.2, 0.25) is 0 Å². The Morgan fingerprint density at radius 1 is 0.889 bits per heavy atom. The number of hydrogen-bond acceptors (Lipinski definition) is 4. The van der Waals surface area contributed by atoms with Gasteiger partial charge in [-0.15, -0.1) is 0 Å². The van der Waals surface area contributed by atoms with Crippen molar-refractivity contribution in [1.29, 1.82) is 0 Å². The molecular formula is C32H34N2OS. The van der Waals surface area contributed by atoms with Crippen molar-refractivity contribution in [3.05, 3.63) is 112 Å². The Morgan fingerprint density at radius 3 is 2.31 bits per heavy atom. The van der Waals surface area contributed by atoms with Crippen LogP contribution in [0, 0.1) is 0 Å². The van der Waals surface area contributed by atoms with Gasteiger partial charge in [0.25, 0.3) is 0 Å². The molecule has 0 spiro atoms. The minimum Gasteiger partial charge on any atom is -0.496 e. The van der Waals surface area contributed by atoms with Crippen molar-refractivity contribution < 1.29 is 4.74 Å². The minimum absolute atomic E-state index is 0.356. The molecule has 4 aromatic rings. The molecule has 0 N–H and O–H groups in total. The molecule has 3 aromatic carbocycles. The summed E-state index contributed by atoms with van der Waals surface area (Å²) in [6, 6.07) is 32.2. The van der Waals surface area contributed by atoms with E-state index in [0.29, 0.717) is 18.0 Å². The lowest BCUT2D eigenvalue weighted by atomic mass is 9.82. The molecule has 0 unspecified atom stereocenters. The predicted molar refractivity (Wildman–Crippen MR) is 150 cm³/mol. The lowest BCUT2D eigenvalue weighted by molar-refractivity contribution is 0.0380. The molecule has 0 radical (unpaired) electrons. The minimum atomic E-state index is 0.356. The first kappa shape index (κ1) is 23.5. The fourth-order valence-corrected chi connectivity index (χ4v) is 7.03. The highest BCUT2D eigenvalue weighted by atomic mass is 32.1. The van der Waals surface area contributed by atoms with E-state index in [1.54, 1.807) is 18.4 Å². The number of rotatable bonds is 7. The van der Waals surface area contributed by atoms with E-state index in [2.05, 4.69) is 105 Å². The summed E-state index contributed by atoms with van der Waals surface area (Å²) in [6.07, 6.45) is 2.58. The van der Waals surface area contributed by atoms with Gasteiger partial charge in [-0.25, -0.2) is 0 Å². The SMILES string of the molecule is COc1ccc(-c2ccsc2)cc1CN1C[C@@H]2CCCN2[C@H](C(c2ccccc2)c2ccccc2)C1. The molecule has 184 valence electrons. The number of methoxy groups -OCH3 is 1. The third-order valence-electron chi connectivity index (χ3n) is 7.99. The third kappa shape index (κ3) is 4.73. The highest BCUT2D eigenvalue weighted by Gasteiger charge is 2.41. The summed E-state index contributed by atoms with van der Waals surface area (Å²) < 4.78 is 5.82. The van der Waals surface area contributed by atoms with Crippen molar-refractivity contribution >= 4 is 11.3 Å². The number of piperazine rings is 1. The zero-order chi connectivity index (χ0) is 24.3. The van der Waals surface area contributed by atoms with E-state index in [1.165, 1.54) is 47.2 Å². The Morgan fingerprint density at radius 2 is 1.64 bits per heavy atom. The van der Waals surface area contributed by atoms with Gasteiger partial charge in [0.05, 0.1) is 7.11 Å². The van der Waals surface area contributed by atoms with Gasteiger partial charge in [0.1, 0.15) is 5.75 Å². The summed E-state index contributed by atoms with van der Waals surface area (Å²) in [5.41, 5.74) is 6.67. The van der Waals surface area contributed by atoms with Gasteiger partial charge in [-0.3, -0.25) is 9.80 Å². The second kappa shape index (κ2) is 10.6. The molecule has 2 aliphatic rings. The van der Waals surface area contributed by atoms with Crippen molar-refractivity contribution in [2.45, 2.75) is 37.4 Å². The van der Waals surface area contributed by atoms with Gasteiger partial charge < -0.3 is 4.74 Å². The highest BCUT2D eigenvalue weighted by molar-refractivity contribution is 7.08. The molecule has 2 aliphatic heterocycles. The molecule has 3 heterocycles. The molecule has 2 saturated heterocycles. The Kier molecular flexibility index (Phi) is 6.91. The van der Waals surface area contributed by atoms with Crippen molar-refractivity contribution in [2.24, 2.45) is 0 Å². The second-order valence-corrected chi connectivity index (χ2v) is 10.9. The number of fused-ring (bicyclic) bond motifs is 1. The van der Waals surface area contributed by atoms with Crippen LogP contribution >= 0.6 is 11.3 Å². The van der Waals surface area contributed by atoms with E-state index in [0.717, 1.165) is 25.4 Å². The summed E-state index contributed by atoms with van der Waals surface area (Å²) in [7, 11) is 1.79. The molecule has 0 saturated carbocycles. The van der Waals surface area contributed by atoms with Crippen LogP contribution in [0.25, 0.3) is 11.1 Å². The highest BCUT2D eigenvalue weighted by Crippen LogP contribution is 2.38. The van der Waals surface area contributed by atoms with E-state index in [4.69, 9.17) is 4.74 Å². The lowest BCUT2D eigenvalue weighted by Crippen LogP contribution is -2.57. The van der Waals surface area contributed by atoms with Gasteiger partial charge in [0.15, 0.2) is 0 Å². The van der Waals surface area contributed by atoms with E-state index < -0.39 is 0 Å². The van der Waals surface area contributed by atoms with Crippen LogP contribution < -0.4 is 4.74 Å². The first-order chi connectivity index (χ1) is 17.8. The van der Waals surface area contributed by atoms with Crippen molar-refractivity contribution in [2.75, 3.05) is 26.7 Å². The maximum atomic E-state index is 5.82. The number of nitrogens with zero attached hydrogens (tertiary/aromatic N) is 2. The maximum absolute atomic E-state index is 5.82. The van der Waals surface area contributed by atoms with E-state index >= 15 is 0 Å². The molecule has 4 heteroatoms. The van der Waals surface area contributed by atoms with Gasteiger partial charge in [-0.05, 0) is 70.6 Å². The van der Waals surface area contributed by atoms with Crippen LogP contribution in [0.4, 0.5) is 0 Å². The lowest BCUT2D eigenvalue weighted by Gasteiger charge is -2.47. The molecular weight excluding hydrogens is 460 g/mol. The van der Waals surface area contributed by atoms with Crippen LogP contribution in [0.5, 0.6) is 5.75 Å². The number of benzene rings is 3. The number of hydrogen-bond donors (Lipinski definition) is 0. The topological polar surface area (TPSA) is 15.7 Å². The standard InChI is InChI=1S/C32H34N2OS/c1-35-31-15-14-26(27-16-18-36-23-27)19-28(31)20-33-21-29-13-8-17-34(29)30(22-33)32(24-9-4-2-5-10-24)25-11-6-3-7-12-25/h2-7,9-12,14-16,18-19,23,29-30,32H,8,13,17,20-22H2,1H3/t29-,30-/m0/s1. The van der Waals surface area contributed by atoms with Crippen molar-refractivity contribution in [3.63, 3.8) is 0 Å². The smallest absolute Gasteiger partial charge is 0.123 e. The monoisotopic (exact) mass is 494 g/mol. The third-order valence-corrected chi connectivity index (χ3v) is 8.68. The average Bonchev–Trinajstić information content (AvgIpc) is 3.63. The average molecular weight is 495 g/mol. The zero-order valence-electron chi connectivity index (χ0n) is 20.9. The van der Waals surface area contributed by atoms with Crippen LogP contribution in [0.2, 0.25) is 0 Å². The summed E-state index contributed by atoms with van der Waals surface area (Å²) in [5.74, 6) is 1.34. The number of ether oxygens (including phenoxy) is 1. The maximum Gasteiger partial charge on any atom is 0.123 e. The predicted octanol–water partition coefficient (Wildman–Crippen LogP) is 6.90. The summed E-state index contributed by atoms with van der Waals surface area (Å²) in [5, 5.41) is 4.37. The first-order valence-electron chi connectivity index (χ1n) is 13.1. The van der Waals surface area contributed by atoms with Gasteiger partial charge in [-0.2, -0.15) is 11.3 Å². The molecule has 0 aliphatic carbocycles. The van der Waals surface area contributed by atoms with Crippen LogP contribution in [-0.4, -0.2) is 48.6 Å². The molecule has 2 atom stereocenters. The molecule has 2 fully saturated rings. The molecule has 6 rings (SSSR count). The summed E-state index contributed by atoms with van der Waals surface area (Å²) >= 11 is 1.75. The molecule has 36 heavy (non-hydrogen) atoms. The molecule has 0 amide bonds. The largest absolute Gasteiger partial charge is 0.496 e. The summed E-state index contributed by atoms with van der Waals surface area (Å²) in [4.78, 5) is 5.51. The van der Waals surface area contributed by atoms with Crippen molar-refractivity contribution in [3.8, 4) is 16.9 Å². The Bertz CT molecular complexity index is 1220. The quantitative estimate of drug-likeness (QED) is 0.278. The van der Waals surface area contributed by atoms with Crippen LogP contribution in [0.15, 0.2) is 95.7 Å². The molecule has 1 aromatic heterocycles. The van der Waals surface area contributed by atoms with Gasteiger partial charge in [0, 0.05) is 43.2 Å². The fraction of sp³-hybridized carbons (Fsp3) is 0.312. The molecule has 3 nitrogen and oxygen atoms in total. The zero-order valence-corrected chi connectivity index (χ0v) is 21.7. The van der Waals surface area contributed by atoms with Gasteiger partial charge in [-0.1, -0.05) is 66.7 Å². The Balaban J connectivity index is 1.34. The number of thiophene rings is 1.